The molecule has 0 radical (unpaired) electrons. The van der Waals surface area contributed by atoms with Crippen molar-refractivity contribution in [2.24, 2.45) is 16.7 Å². The zero-order valence-corrected chi connectivity index (χ0v) is 19.7. The normalized spacial score (nSPS) is 31.8. The summed E-state index contributed by atoms with van der Waals surface area (Å²) in [6.45, 7) is 13.8. The maximum absolute atomic E-state index is 13.3. The standard InChI is InChI=1S/C22H37NO2SSi/c1-7-19(17-11-9-8-10-12-17)23-26(24)16-22-14-13-18(21(22,2)3)15-20(22)25-27(4,5)6/h8-12,18-20,23H,7,13-16H2,1-6H3/t18-,19-,20-,22-,26?/m1/s1. The van der Waals surface area contributed by atoms with Gasteiger partial charge in [-0.05, 0) is 62.2 Å². The number of hydrogen-bond acceptors (Lipinski definition) is 2. The lowest BCUT2D eigenvalue weighted by Crippen LogP contribution is -2.49. The molecule has 5 heteroatoms. The fourth-order valence-corrected chi connectivity index (χ4v) is 8.49. The smallest absolute Gasteiger partial charge is 0.184 e. The summed E-state index contributed by atoms with van der Waals surface area (Å²) >= 11 is 0. The SMILES string of the molecule is CC[C@@H](NS(=O)C[C@]12CC[C@H](C[C@H]1O[Si](C)(C)C)C2(C)C)c1ccccc1. The van der Waals surface area contributed by atoms with Gasteiger partial charge in [0.25, 0.3) is 0 Å². The predicted molar refractivity (Wildman–Crippen MR) is 117 cm³/mol. The highest BCUT2D eigenvalue weighted by Crippen LogP contribution is 2.67. The maximum atomic E-state index is 13.3. The Bertz CT molecular complexity index is 673. The first-order valence-corrected chi connectivity index (χ1v) is 15.2. The zero-order valence-electron chi connectivity index (χ0n) is 17.9. The predicted octanol–water partition coefficient (Wildman–Crippen LogP) is 5.44. The summed E-state index contributed by atoms with van der Waals surface area (Å²) in [5.41, 5.74) is 1.45. The van der Waals surface area contributed by atoms with E-state index in [0.29, 0.717) is 11.7 Å². The molecule has 2 fully saturated rings. The number of fused-ring (bicyclic) bond motifs is 2. The van der Waals surface area contributed by atoms with Crippen LogP contribution in [-0.4, -0.2) is 24.4 Å². The maximum Gasteiger partial charge on any atom is 0.184 e. The van der Waals surface area contributed by atoms with Crippen LogP contribution in [0, 0.1) is 16.7 Å². The molecule has 3 rings (SSSR count). The fourth-order valence-electron chi connectivity index (χ4n) is 5.44. The van der Waals surface area contributed by atoms with Crippen LogP contribution in [0.5, 0.6) is 0 Å². The Hall–Kier alpha value is -0.493. The molecule has 0 spiro atoms. The first kappa shape index (κ1) is 21.2. The van der Waals surface area contributed by atoms with E-state index in [9.17, 15) is 4.21 Å². The van der Waals surface area contributed by atoms with Crippen LogP contribution in [0.2, 0.25) is 19.6 Å². The molecule has 5 atom stereocenters. The third-order valence-electron chi connectivity index (χ3n) is 7.13. The van der Waals surface area contributed by atoms with Crippen molar-refractivity contribution in [3.63, 3.8) is 0 Å². The van der Waals surface area contributed by atoms with Crippen molar-refractivity contribution in [3.8, 4) is 0 Å². The van der Waals surface area contributed by atoms with Crippen LogP contribution < -0.4 is 4.72 Å². The Kier molecular flexibility index (Phi) is 6.08. The molecule has 2 aliphatic rings. The minimum absolute atomic E-state index is 0.0325. The average Bonchev–Trinajstić information content (AvgIpc) is 2.94. The van der Waals surface area contributed by atoms with E-state index < -0.39 is 19.3 Å². The molecule has 1 unspecified atom stereocenters. The van der Waals surface area contributed by atoms with Crippen LogP contribution in [0.25, 0.3) is 0 Å². The van der Waals surface area contributed by atoms with Crippen molar-refractivity contribution < 1.29 is 8.63 Å². The van der Waals surface area contributed by atoms with E-state index >= 15 is 0 Å². The number of nitrogens with one attached hydrogen (secondary N) is 1. The van der Waals surface area contributed by atoms with Crippen LogP contribution in [-0.2, 0) is 15.4 Å². The Labute approximate surface area is 169 Å². The van der Waals surface area contributed by atoms with Crippen molar-refractivity contribution in [2.75, 3.05) is 5.75 Å². The van der Waals surface area contributed by atoms with Crippen molar-refractivity contribution in [1.82, 2.24) is 4.72 Å². The monoisotopic (exact) mass is 407 g/mol. The Morgan fingerprint density at radius 3 is 2.48 bits per heavy atom. The van der Waals surface area contributed by atoms with Gasteiger partial charge in [-0.25, -0.2) is 8.93 Å². The van der Waals surface area contributed by atoms with Crippen LogP contribution in [0.1, 0.15) is 58.1 Å². The van der Waals surface area contributed by atoms with Gasteiger partial charge in [0, 0.05) is 17.2 Å². The molecule has 2 saturated carbocycles. The minimum atomic E-state index is -1.63. The van der Waals surface area contributed by atoms with Gasteiger partial charge in [0.2, 0.25) is 0 Å². The van der Waals surface area contributed by atoms with Crippen LogP contribution in [0.4, 0.5) is 0 Å². The van der Waals surface area contributed by atoms with E-state index in [1.165, 1.54) is 12.0 Å². The van der Waals surface area contributed by atoms with E-state index in [2.05, 4.69) is 69.4 Å². The second-order valence-corrected chi connectivity index (χ2v) is 15.7. The molecule has 0 amide bonds. The van der Waals surface area contributed by atoms with E-state index in [0.717, 1.165) is 19.3 Å². The Morgan fingerprint density at radius 2 is 1.93 bits per heavy atom. The van der Waals surface area contributed by atoms with Crippen molar-refractivity contribution in [3.05, 3.63) is 35.9 Å². The summed E-state index contributed by atoms with van der Waals surface area (Å²) < 4.78 is 23.4. The third-order valence-corrected chi connectivity index (χ3v) is 9.44. The first-order valence-electron chi connectivity index (χ1n) is 10.5. The molecule has 1 aromatic rings. The summed E-state index contributed by atoms with van der Waals surface area (Å²) in [6.07, 6.45) is 4.75. The minimum Gasteiger partial charge on any atom is -0.414 e. The summed E-state index contributed by atoms with van der Waals surface area (Å²) in [5.74, 6) is 1.40. The van der Waals surface area contributed by atoms with Gasteiger partial charge < -0.3 is 4.43 Å². The van der Waals surface area contributed by atoms with Crippen LogP contribution in [0.15, 0.2) is 30.3 Å². The van der Waals surface area contributed by atoms with Gasteiger partial charge in [0.15, 0.2) is 8.32 Å². The molecule has 1 aromatic carbocycles. The van der Waals surface area contributed by atoms with Crippen LogP contribution >= 0.6 is 0 Å². The van der Waals surface area contributed by atoms with Crippen LogP contribution in [0.3, 0.4) is 0 Å². The van der Waals surface area contributed by atoms with E-state index in [4.69, 9.17) is 4.43 Å². The first-order chi connectivity index (χ1) is 12.6. The molecule has 2 aliphatic carbocycles. The lowest BCUT2D eigenvalue weighted by atomic mass is 9.70. The fraction of sp³-hybridized carbons (Fsp3) is 0.727. The number of rotatable bonds is 8. The van der Waals surface area contributed by atoms with Gasteiger partial charge >= 0.3 is 0 Å². The highest BCUT2D eigenvalue weighted by molar-refractivity contribution is 7.83. The second kappa shape index (κ2) is 7.73. The zero-order chi connectivity index (χ0) is 19.9. The van der Waals surface area contributed by atoms with Gasteiger partial charge in [-0.1, -0.05) is 51.1 Å². The highest BCUT2D eigenvalue weighted by atomic mass is 32.2. The molecule has 3 nitrogen and oxygen atoms in total. The molecular formula is C22H37NO2SSi. The number of hydrogen-bond donors (Lipinski definition) is 1. The molecule has 0 aromatic heterocycles. The lowest BCUT2D eigenvalue weighted by Gasteiger charge is -2.44. The second-order valence-electron chi connectivity index (χ2n) is 10.0. The molecule has 2 bridgehead atoms. The summed E-state index contributed by atoms with van der Waals surface area (Å²) in [5, 5.41) is 0. The highest BCUT2D eigenvalue weighted by Gasteiger charge is 2.65. The van der Waals surface area contributed by atoms with E-state index in [1.54, 1.807) is 0 Å². The summed E-state index contributed by atoms with van der Waals surface area (Å²) in [4.78, 5) is 0. The number of benzene rings is 1. The molecule has 0 saturated heterocycles. The molecule has 27 heavy (non-hydrogen) atoms. The van der Waals surface area contributed by atoms with Crippen molar-refractivity contribution >= 4 is 19.3 Å². The van der Waals surface area contributed by atoms with E-state index in [1.807, 2.05) is 6.07 Å². The average molecular weight is 408 g/mol. The van der Waals surface area contributed by atoms with E-state index in [-0.39, 0.29) is 23.0 Å². The molecule has 1 N–H and O–H groups in total. The summed E-state index contributed by atoms with van der Waals surface area (Å²) in [7, 11) is -2.69. The summed E-state index contributed by atoms with van der Waals surface area (Å²) in [6, 6.07) is 10.5. The molecule has 0 aliphatic heterocycles. The van der Waals surface area contributed by atoms with Gasteiger partial charge in [-0.15, -0.1) is 0 Å². The van der Waals surface area contributed by atoms with Crippen molar-refractivity contribution in [2.45, 2.75) is 78.2 Å². The van der Waals surface area contributed by atoms with Gasteiger partial charge in [0.1, 0.15) is 0 Å². The largest absolute Gasteiger partial charge is 0.414 e. The quantitative estimate of drug-likeness (QED) is 0.583. The van der Waals surface area contributed by atoms with Gasteiger partial charge in [-0.3, -0.25) is 0 Å². The Balaban J connectivity index is 1.77. The topological polar surface area (TPSA) is 38.3 Å². The lowest BCUT2D eigenvalue weighted by molar-refractivity contribution is 0.0285. The van der Waals surface area contributed by atoms with Gasteiger partial charge in [0.05, 0.1) is 17.1 Å². The molecule has 152 valence electrons. The van der Waals surface area contributed by atoms with Gasteiger partial charge in [-0.2, -0.15) is 0 Å². The molecular weight excluding hydrogens is 370 g/mol. The third kappa shape index (κ3) is 4.12. The molecule has 0 heterocycles. The Morgan fingerprint density at radius 1 is 1.26 bits per heavy atom. The van der Waals surface area contributed by atoms with Crippen molar-refractivity contribution in [1.29, 1.82) is 0 Å².